The van der Waals surface area contributed by atoms with Crippen molar-refractivity contribution in [2.45, 2.75) is 25.9 Å². The Kier molecular flexibility index (Phi) is 3.26. The highest BCUT2D eigenvalue weighted by Crippen LogP contribution is 2.26. The molecule has 0 spiro atoms. The third kappa shape index (κ3) is 2.70. The van der Waals surface area contributed by atoms with Crippen molar-refractivity contribution in [3.05, 3.63) is 23.8 Å². The summed E-state index contributed by atoms with van der Waals surface area (Å²) in [6.45, 7) is 7.98. The number of phenols is 2. The monoisotopic (exact) mass is 236 g/mol. The first kappa shape index (κ1) is 12.2. The van der Waals surface area contributed by atoms with Gasteiger partial charge in [0.15, 0.2) is 0 Å². The van der Waals surface area contributed by atoms with E-state index < -0.39 is 0 Å². The van der Waals surface area contributed by atoms with Gasteiger partial charge in [0.1, 0.15) is 11.5 Å². The fraction of sp³-hybridized carbons (Fsp3) is 0.538. The maximum absolute atomic E-state index is 9.79. The number of benzene rings is 1. The van der Waals surface area contributed by atoms with Crippen LogP contribution in [0.25, 0.3) is 0 Å². The lowest BCUT2D eigenvalue weighted by atomic mass is 9.99. The lowest BCUT2D eigenvalue weighted by Crippen LogP contribution is -2.57. The summed E-state index contributed by atoms with van der Waals surface area (Å²) >= 11 is 0. The van der Waals surface area contributed by atoms with Crippen molar-refractivity contribution in [2.75, 3.05) is 19.6 Å². The zero-order valence-electron chi connectivity index (χ0n) is 10.4. The summed E-state index contributed by atoms with van der Waals surface area (Å²) in [5.74, 6) is 0.269. The Bertz CT molecular complexity index is 404. The summed E-state index contributed by atoms with van der Waals surface area (Å²) in [5, 5.41) is 22.4. The number of hydrogen-bond donors (Lipinski definition) is 3. The van der Waals surface area contributed by atoms with Gasteiger partial charge < -0.3 is 15.5 Å². The van der Waals surface area contributed by atoms with Gasteiger partial charge in [-0.05, 0) is 19.9 Å². The van der Waals surface area contributed by atoms with Crippen molar-refractivity contribution < 1.29 is 10.2 Å². The molecule has 0 unspecified atom stereocenters. The number of phenolic OH excluding ortho intramolecular Hbond substituents is 2. The fourth-order valence-electron chi connectivity index (χ4n) is 2.21. The lowest BCUT2D eigenvalue weighted by molar-refractivity contribution is 0.0819. The van der Waals surface area contributed by atoms with Gasteiger partial charge >= 0.3 is 0 Å². The molecule has 2 rings (SSSR count). The summed E-state index contributed by atoms with van der Waals surface area (Å²) in [7, 11) is 0. The molecule has 0 aromatic heterocycles. The van der Waals surface area contributed by atoms with Crippen LogP contribution >= 0.6 is 0 Å². The van der Waals surface area contributed by atoms with Gasteiger partial charge in [0, 0.05) is 43.3 Å². The molecule has 0 aliphatic carbocycles. The van der Waals surface area contributed by atoms with Crippen molar-refractivity contribution in [2.24, 2.45) is 0 Å². The van der Waals surface area contributed by atoms with E-state index in [1.807, 2.05) is 0 Å². The van der Waals surface area contributed by atoms with E-state index in [-0.39, 0.29) is 17.0 Å². The quantitative estimate of drug-likeness (QED) is 0.724. The maximum atomic E-state index is 9.79. The van der Waals surface area contributed by atoms with Gasteiger partial charge in [0.2, 0.25) is 0 Å². The Morgan fingerprint density at radius 1 is 1.35 bits per heavy atom. The second kappa shape index (κ2) is 4.55. The van der Waals surface area contributed by atoms with Crippen molar-refractivity contribution in [1.29, 1.82) is 0 Å². The van der Waals surface area contributed by atoms with Crippen LogP contribution in [-0.2, 0) is 6.54 Å². The smallest absolute Gasteiger partial charge is 0.123 e. The Labute approximate surface area is 102 Å². The van der Waals surface area contributed by atoms with E-state index in [9.17, 15) is 10.2 Å². The predicted octanol–water partition coefficient (Wildman–Crippen LogP) is 1.28. The molecule has 1 aliphatic heterocycles. The van der Waals surface area contributed by atoms with Gasteiger partial charge in [-0.1, -0.05) is 6.07 Å². The highest BCUT2D eigenvalue weighted by molar-refractivity contribution is 5.38. The van der Waals surface area contributed by atoms with E-state index in [1.54, 1.807) is 12.1 Å². The largest absolute Gasteiger partial charge is 0.508 e. The third-order valence-corrected chi connectivity index (χ3v) is 3.40. The molecule has 0 radical (unpaired) electrons. The third-order valence-electron chi connectivity index (χ3n) is 3.40. The molecule has 1 aromatic carbocycles. The van der Waals surface area contributed by atoms with Crippen LogP contribution < -0.4 is 5.32 Å². The highest BCUT2D eigenvalue weighted by atomic mass is 16.3. The van der Waals surface area contributed by atoms with Gasteiger partial charge in [0.25, 0.3) is 0 Å². The summed E-state index contributed by atoms with van der Waals surface area (Å²) in [5.41, 5.74) is 0.945. The number of nitrogens with zero attached hydrogens (tertiary/aromatic N) is 1. The Morgan fingerprint density at radius 3 is 2.76 bits per heavy atom. The van der Waals surface area contributed by atoms with Crippen molar-refractivity contribution >= 4 is 0 Å². The molecule has 1 aromatic rings. The van der Waals surface area contributed by atoms with Crippen molar-refractivity contribution in [3.8, 4) is 11.5 Å². The molecule has 0 amide bonds. The van der Waals surface area contributed by atoms with E-state index >= 15 is 0 Å². The Hall–Kier alpha value is -1.26. The van der Waals surface area contributed by atoms with Gasteiger partial charge in [-0.15, -0.1) is 0 Å². The van der Waals surface area contributed by atoms with E-state index in [0.717, 1.165) is 25.2 Å². The molecule has 0 atom stereocenters. The average molecular weight is 236 g/mol. The Morgan fingerprint density at radius 2 is 2.12 bits per heavy atom. The van der Waals surface area contributed by atoms with Crippen LogP contribution in [-0.4, -0.2) is 40.3 Å². The summed E-state index contributed by atoms with van der Waals surface area (Å²) in [4.78, 5) is 2.34. The van der Waals surface area contributed by atoms with Crippen LogP contribution in [0.3, 0.4) is 0 Å². The first-order valence-electron chi connectivity index (χ1n) is 5.96. The van der Waals surface area contributed by atoms with E-state index in [2.05, 4.69) is 24.1 Å². The van der Waals surface area contributed by atoms with Crippen LogP contribution in [0.15, 0.2) is 18.2 Å². The summed E-state index contributed by atoms with van der Waals surface area (Å²) in [6.07, 6.45) is 0. The van der Waals surface area contributed by atoms with E-state index in [0.29, 0.717) is 6.54 Å². The molecule has 3 N–H and O–H groups in total. The number of aromatic hydroxyl groups is 2. The number of hydrogen-bond acceptors (Lipinski definition) is 4. The molecule has 94 valence electrons. The zero-order chi connectivity index (χ0) is 12.5. The second-order valence-corrected chi connectivity index (χ2v) is 5.22. The van der Waals surface area contributed by atoms with Crippen LogP contribution in [0, 0.1) is 0 Å². The summed E-state index contributed by atoms with van der Waals surface area (Å²) in [6, 6.07) is 4.79. The minimum Gasteiger partial charge on any atom is -0.508 e. The lowest BCUT2D eigenvalue weighted by Gasteiger charge is -2.43. The maximum Gasteiger partial charge on any atom is 0.123 e. The fourth-order valence-corrected chi connectivity index (χ4v) is 2.21. The number of piperazine rings is 1. The van der Waals surface area contributed by atoms with Gasteiger partial charge in [-0.25, -0.2) is 0 Å². The number of rotatable bonds is 2. The predicted molar refractivity (Wildman–Crippen MR) is 67.1 cm³/mol. The van der Waals surface area contributed by atoms with E-state index in [1.165, 1.54) is 6.07 Å². The molecule has 1 heterocycles. The molecule has 0 saturated carbocycles. The SMILES string of the molecule is CC1(C)CNCCN1Cc1ccc(O)cc1O. The molecule has 1 fully saturated rings. The first-order chi connectivity index (χ1) is 7.99. The molecular formula is C13H20N2O2. The van der Waals surface area contributed by atoms with Gasteiger partial charge in [0.05, 0.1) is 0 Å². The van der Waals surface area contributed by atoms with Crippen molar-refractivity contribution in [3.63, 3.8) is 0 Å². The van der Waals surface area contributed by atoms with Crippen LogP contribution in [0.2, 0.25) is 0 Å². The highest BCUT2D eigenvalue weighted by Gasteiger charge is 2.29. The van der Waals surface area contributed by atoms with Gasteiger partial charge in [-0.3, -0.25) is 4.90 Å². The standard InChI is InChI=1S/C13H20N2O2/c1-13(2)9-14-5-6-15(13)8-10-3-4-11(16)7-12(10)17/h3-4,7,14,16-17H,5-6,8-9H2,1-2H3. The first-order valence-corrected chi connectivity index (χ1v) is 5.96. The molecule has 17 heavy (non-hydrogen) atoms. The minimum absolute atomic E-state index is 0.0859. The number of nitrogens with one attached hydrogen (secondary N) is 1. The van der Waals surface area contributed by atoms with Crippen LogP contribution in [0.4, 0.5) is 0 Å². The minimum atomic E-state index is 0.0859. The second-order valence-electron chi connectivity index (χ2n) is 5.22. The average Bonchev–Trinajstić information content (AvgIpc) is 2.24. The molecule has 4 nitrogen and oxygen atoms in total. The normalized spacial score (nSPS) is 20.4. The molecular weight excluding hydrogens is 216 g/mol. The molecule has 0 bridgehead atoms. The zero-order valence-corrected chi connectivity index (χ0v) is 10.4. The molecule has 4 heteroatoms. The van der Waals surface area contributed by atoms with Gasteiger partial charge in [-0.2, -0.15) is 0 Å². The molecule has 1 saturated heterocycles. The van der Waals surface area contributed by atoms with Crippen LogP contribution in [0.5, 0.6) is 11.5 Å². The topological polar surface area (TPSA) is 55.7 Å². The van der Waals surface area contributed by atoms with E-state index in [4.69, 9.17) is 0 Å². The Balaban J connectivity index is 2.14. The molecule has 1 aliphatic rings. The van der Waals surface area contributed by atoms with Crippen LogP contribution in [0.1, 0.15) is 19.4 Å². The van der Waals surface area contributed by atoms with Crippen molar-refractivity contribution in [1.82, 2.24) is 10.2 Å². The summed E-state index contributed by atoms with van der Waals surface area (Å²) < 4.78 is 0.